The van der Waals surface area contributed by atoms with Gasteiger partial charge in [-0.3, -0.25) is 19.5 Å². The van der Waals surface area contributed by atoms with Crippen LogP contribution < -0.4 is 0 Å². The van der Waals surface area contributed by atoms with Crippen LogP contribution in [0.5, 0.6) is 0 Å². The second-order valence-corrected chi connectivity index (χ2v) is 12.1. The largest absolute Gasteiger partial charge is 0.419 e. The van der Waals surface area contributed by atoms with Gasteiger partial charge in [0.05, 0.1) is 22.2 Å². The molecule has 0 bridgehead atoms. The first kappa shape index (κ1) is 32.0. The number of halogens is 6. The predicted octanol–water partition coefficient (Wildman–Crippen LogP) is 4.76. The molecule has 0 aliphatic carbocycles. The number of nitrogens with zero attached hydrogens (tertiary/aromatic N) is 5. The fourth-order valence-corrected chi connectivity index (χ4v) is 5.91. The molecule has 226 valence electrons. The van der Waals surface area contributed by atoms with Crippen molar-refractivity contribution in [1.29, 1.82) is 0 Å². The van der Waals surface area contributed by atoms with Crippen molar-refractivity contribution >= 4 is 29.1 Å². The second kappa shape index (κ2) is 13.6. The lowest BCUT2D eigenvalue weighted by Gasteiger charge is -2.35. The zero-order chi connectivity index (χ0) is 29.9. The van der Waals surface area contributed by atoms with Gasteiger partial charge in [-0.2, -0.15) is 13.2 Å². The number of piperazine rings is 1. The van der Waals surface area contributed by atoms with Gasteiger partial charge in [0.1, 0.15) is 5.82 Å². The molecule has 2 heterocycles. The number of likely N-dealkylation sites (tertiary alicyclic amines) is 1. The Morgan fingerprint density at radius 3 is 2.24 bits per heavy atom. The van der Waals surface area contributed by atoms with Crippen LogP contribution in [-0.4, -0.2) is 116 Å². The van der Waals surface area contributed by atoms with E-state index in [1.54, 1.807) is 12.1 Å². The van der Waals surface area contributed by atoms with E-state index in [1.807, 2.05) is 22.9 Å². The Kier molecular flexibility index (Phi) is 10.6. The number of rotatable bonds is 9. The van der Waals surface area contributed by atoms with Gasteiger partial charge < -0.3 is 9.80 Å². The van der Waals surface area contributed by atoms with E-state index >= 15 is 0 Å². The van der Waals surface area contributed by atoms with Crippen LogP contribution in [0.25, 0.3) is 0 Å². The fraction of sp³-hybridized carbons (Fsp3) is 0.552. The molecule has 2 atom stereocenters. The summed E-state index contributed by atoms with van der Waals surface area (Å²) in [5.41, 5.74) is 0.0521. The molecule has 2 fully saturated rings. The maximum Gasteiger partial charge on any atom is 0.419 e. The maximum absolute atomic E-state index is 14.3. The van der Waals surface area contributed by atoms with Crippen molar-refractivity contribution in [1.82, 2.24) is 24.5 Å². The summed E-state index contributed by atoms with van der Waals surface area (Å²) in [5.74, 6) is -1.37. The molecule has 6 nitrogen and oxygen atoms in total. The van der Waals surface area contributed by atoms with Gasteiger partial charge in [-0.05, 0) is 56.5 Å². The van der Waals surface area contributed by atoms with Gasteiger partial charge in [0.25, 0.3) is 0 Å². The van der Waals surface area contributed by atoms with Crippen LogP contribution in [0.1, 0.15) is 22.6 Å². The fourth-order valence-electron chi connectivity index (χ4n) is 5.60. The molecule has 12 heteroatoms. The monoisotopic (exact) mass is 617 g/mol. The van der Waals surface area contributed by atoms with Crippen molar-refractivity contribution in [3.8, 4) is 0 Å². The average molecular weight is 619 g/mol. The van der Waals surface area contributed by atoms with Crippen LogP contribution in [0, 0.1) is 5.82 Å². The standard InChI is InChI=1S/C29H37Cl2F4N5O/c1-36(2)8-9-38-10-12-39(13-11-38)19-28(41)40-17-22(21-5-7-24(30)25(31)15-21)27(18-40)37(3)16-20-4-6-23(26(32)14-20)29(33,34)35/h4-7,14-15,22,27H,8-13,16-19H2,1-3H3/t22-,27+/m1/s1. The summed E-state index contributed by atoms with van der Waals surface area (Å²) in [4.78, 5) is 24.0. The Hall–Kier alpha value is -1.95. The quantitative estimate of drug-likeness (QED) is 0.379. The Morgan fingerprint density at radius 1 is 0.951 bits per heavy atom. The molecule has 0 aromatic heterocycles. The molecule has 0 unspecified atom stereocenters. The van der Waals surface area contributed by atoms with E-state index in [1.165, 1.54) is 6.07 Å². The summed E-state index contributed by atoms with van der Waals surface area (Å²) in [6.07, 6.45) is -4.75. The highest BCUT2D eigenvalue weighted by Gasteiger charge is 2.39. The van der Waals surface area contributed by atoms with E-state index in [2.05, 4.69) is 28.8 Å². The molecule has 0 spiro atoms. The first-order valence-corrected chi connectivity index (χ1v) is 14.5. The van der Waals surface area contributed by atoms with Gasteiger partial charge in [-0.25, -0.2) is 4.39 Å². The number of hydrogen-bond donors (Lipinski definition) is 0. The minimum atomic E-state index is -4.75. The zero-order valence-corrected chi connectivity index (χ0v) is 25.1. The van der Waals surface area contributed by atoms with Gasteiger partial charge in [-0.15, -0.1) is 0 Å². The average Bonchev–Trinajstić information content (AvgIpc) is 3.35. The van der Waals surface area contributed by atoms with Gasteiger partial charge in [0, 0.05) is 70.9 Å². The normalized spacial score (nSPS) is 20.9. The van der Waals surface area contributed by atoms with Gasteiger partial charge in [0.15, 0.2) is 0 Å². The van der Waals surface area contributed by atoms with Crippen molar-refractivity contribution in [2.45, 2.75) is 24.7 Å². The van der Waals surface area contributed by atoms with Crippen molar-refractivity contribution in [2.75, 3.05) is 80.0 Å². The Bertz CT molecular complexity index is 1210. The summed E-state index contributed by atoms with van der Waals surface area (Å²) in [5, 5.41) is 0.837. The molecule has 4 rings (SSSR count). The number of carbonyl (C=O) groups is 1. The SMILES string of the molecule is CN(C)CCN1CCN(CC(=O)N2C[C@H](c3ccc(Cl)c(Cl)c3)[C@@H](N(C)Cc3ccc(C(F)(F)F)c(F)c3)C2)CC1. The van der Waals surface area contributed by atoms with Crippen LogP contribution in [0.4, 0.5) is 17.6 Å². The first-order valence-electron chi connectivity index (χ1n) is 13.7. The van der Waals surface area contributed by atoms with Crippen molar-refractivity contribution in [3.05, 3.63) is 69.0 Å². The van der Waals surface area contributed by atoms with E-state index < -0.39 is 17.6 Å². The number of amides is 1. The van der Waals surface area contributed by atoms with Crippen LogP contribution in [0.3, 0.4) is 0 Å². The van der Waals surface area contributed by atoms with Crippen LogP contribution >= 0.6 is 23.2 Å². The first-order chi connectivity index (χ1) is 19.3. The highest BCUT2D eigenvalue weighted by molar-refractivity contribution is 6.42. The molecule has 2 aliphatic rings. The summed E-state index contributed by atoms with van der Waals surface area (Å²) in [6, 6.07) is 8.26. The summed E-state index contributed by atoms with van der Waals surface area (Å²) in [7, 11) is 5.96. The Balaban J connectivity index is 1.45. The van der Waals surface area contributed by atoms with Crippen LogP contribution in [0.2, 0.25) is 10.0 Å². The summed E-state index contributed by atoms with van der Waals surface area (Å²) in [6.45, 7) is 6.94. The number of carbonyl (C=O) groups excluding carboxylic acids is 1. The molecule has 0 N–H and O–H groups in total. The molecule has 2 aromatic rings. The number of alkyl halides is 3. The number of hydrogen-bond acceptors (Lipinski definition) is 5. The van der Waals surface area contributed by atoms with E-state index in [0.29, 0.717) is 35.2 Å². The van der Waals surface area contributed by atoms with Crippen molar-refractivity contribution in [2.24, 2.45) is 0 Å². The minimum Gasteiger partial charge on any atom is -0.339 e. The van der Waals surface area contributed by atoms with Crippen LogP contribution in [-0.2, 0) is 17.5 Å². The van der Waals surface area contributed by atoms with Crippen LogP contribution in [0.15, 0.2) is 36.4 Å². The Morgan fingerprint density at radius 2 is 1.63 bits per heavy atom. The van der Waals surface area contributed by atoms with Crippen molar-refractivity contribution in [3.63, 3.8) is 0 Å². The van der Waals surface area contributed by atoms with Crippen molar-refractivity contribution < 1.29 is 22.4 Å². The Labute approximate surface area is 249 Å². The third kappa shape index (κ3) is 8.33. The van der Waals surface area contributed by atoms with Gasteiger partial charge >= 0.3 is 6.18 Å². The topological polar surface area (TPSA) is 33.3 Å². The zero-order valence-electron chi connectivity index (χ0n) is 23.6. The molecule has 0 saturated carbocycles. The lowest BCUT2D eigenvalue weighted by atomic mass is 9.93. The lowest BCUT2D eigenvalue weighted by molar-refractivity contribution is -0.140. The van der Waals surface area contributed by atoms with E-state index in [-0.39, 0.29) is 24.4 Å². The van der Waals surface area contributed by atoms with Gasteiger partial charge in [0.2, 0.25) is 5.91 Å². The smallest absolute Gasteiger partial charge is 0.339 e. The maximum atomic E-state index is 14.3. The third-order valence-electron chi connectivity index (χ3n) is 8.04. The molecule has 2 aromatic carbocycles. The number of likely N-dealkylation sites (N-methyl/N-ethyl adjacent to an activating group) is 2. The van der Waals surface area contributed by atoms with E-state index in [4.69, 9.17) is 23.2 Å². The molecule has 1 amide bonds. The minimum absolute atomic E-state index is 0.0354. The lowest BCUT2D eigenvalue weighted by Crippen LogP contribution is -2.51. The summed E-state index contributed by atoms with van der Waals surface area (Å²) < 4.78 is 53.4. The molecular formula is C29H37Cl2F4N5O. The second-order valence-electron chi connectivity index (χ2n) is 11.3. The molecular weight excluding hydrogens is 581 g/mol. The summed E-state index contributed by atoms with van der Waals surface area (Å²) >= 11 is 12.5. The molecule has 2 aliphatic heterocycles. The molecule has 2 saturated heterocycles. The molecule has 0 radical (unpaired) electrons. The van der Waals surface area contributed by atoms with E-state index in [9.17, 15) is 22.4 Å². The number of benzene rings is 2. The highest BCUT2D eigenvalue weighted by Crippen LogP contribution is 2.36. The molecule has 41 heavy (non-hydrogen) atoms. The third-order valence-corrected chi connectivity index (χ3v) is 8.78. The highest BCUT2D eigenvalue weighted by atomic mass is 35.5. The predicted molar refractivity (Wildman–Crippen MR) is 154 cm³/mol. The van der Waals surface area contributed by atoms with Gasteiger partial charge in [-0.1, -0.05) is 35.3 Å². The van der Waals surface area contributed by atoms with E-state index in [0.717, 1.165) is 57.0 Å².